The summed E-state index contributed by atoms with van der Waals surface area (Å²) < 4.78 is 1.63. The summed E-state index contributed by atoms with van der Waals surface area (Å²) >= 11 is 0. The van der Waals surface area contributed by atoms with Crippen LogP contribution < -0.4 is 16.4 Å². The molecule has 1 atom stereocenters. The summed E-state index contributed by atoms with van der Waals surface area (Å²) in [6.45, 7) is 3.72. The van der Waals surface area contributed by atoms with Crippen LogP contribution in [0.2, 0.25) is 0 Å². The van der Waals surface area contributed by atoms with E-state index in [-0.39, 0.29) is 23.9 Å². The van der Waals surface area contributed by atoms with Crippen molar-refractivity contribution in [3.05, 3.63) is 54.1 Å². The number of aromatic nitrogens is 5. The lowest BCUT2D eigenvalue weighted by Gasteiger charge is -2.35. The molecule has 0 saturated carbocycles. The lowest BCUT2D eigenvalue weighted by Crippen LogP contribution is -2.45. The van der Waals surface area contributed by atoms with Gasteiger partial charge in [-0.2, -0.15) is 20.1 Å². The van der Waals surface area contributed by atoms with Crippen molar-refractivity contribution in [2.45, 2.75) is 31.8 Å². The molecule has 2 aromatic heterocycles. The summed E-state index contributed by atoms with van der Waals surface area (Å²) in [6.07, 6.45) is 5.01. The molecule has 3 heterocycles. The number of amides is 1. The van der Waals surface area contributed by atoms with Crippen molar-refractivity contribution in [3.8, 4) is 0 Å². The number of hydrogen-bond acceptors (Lipinski definition) is 8. The number of likely N-dealkylation sites (tertiary alicyclic amines) is 1. The minimum absolute atomic E-state index is 0.0170. The van der Waals surface area contributed by atoms with Gasteiger partial charge in [-0.25, -0.2) is 0 Å². The summed E-state index contributed by atoms with van der Waals surface area (Å²) in [6, 6.07) is 9.82. The monoisotopic (exact) mass is 421 g/mol. The van der Waals surface area contributed by atoms with Gasteiger partial charge in [0.05, 0.1) is 17.8 Å². The molecule has 0 spiro atoms. The molecule has 1 aliphatic heterocycles. The second-order valence-corrected chi connectivity index (χ2v) is 7.73. The van der Waals surface area contributed by atoms with Gasteiger partial charge >= 0.3 is 0 Å². The maximum Gasteiger partial charge on any atom is 0.254 e. The van der Waals surface area contributed by atoms with Gasteiger partial charge in [-0.3, -0.25) is 14.4 Å². The van der Waals surface area contributed by atoms with Gasteiger partial charge in [0.15, 0.2) is 5.82 Å². The van der Waals surface area contributed by atoms with Gasteiger partial charge in [0, 0.05) is 38.1 Å². The van der Waals surface area contributed by atoms with Gasteiger partial charge in [-0.1, -0.05) is 18.2 Å². The van der Waals surface area contributed by atoms with Crippen molar-refractivity contribution in [2.24, 2.45) is 7.05 Å². The zero-order valence-electron chi connectivity index (χ0n) is 17.7. The zero-order chi connectivity index (χ0) is 21.8. The zero-order valence-corrected chi connectivity index (χ0v) is 17.7. The van der Waals surface area contributed by atoms with Gasteiger partial charge in [-0.05, 0) is 31.9 Å². The average molecular weight is 422 g/mol. The minimum atomic E-state index is -0.0820. The highest BCUT2D eigenvalue weighted by atomic mass is 16.1. The molecule has 0 bridgehead atoms. The Morgan fingerprint density at radius 1 is 1.16 bits per heavy atom. The molecule has 0 radical (unpaired) electrons. The van der Waals surface area contributed by atoms with Crippen LogP contribution in [0.4, 0.5) is 17.6 Å². The van der Waals surface area contributed by atoms with Crippen LogP contribution in [-0.4, -0.2) is 54.7 Å². The molecule has 162 valence electrons. The quantitative estimate of drug-likeness (QED) is 0.551. The van der Waals surface area contributed by atoms with Crippen molar-refractivity contribution in [1.29, 1.82) is 0 Å². The standard InChI is InChI=1S/C21H27N9O/c1-14(18-26-20(22)28-21(27-18)25-16-6-4-3-5-7-16)30-10-8-17(9-11-30)24-19(31)15-12-23-29(2)13-15/h3-7,12-14,17H,8-11H2,1-2H3,(H,24,31)(H3,22,25,26,27,28). The van der Waals surface area contributed by atoms with Crippen LogP contribution >= 0.6 is 0 Å². The van der Waals surface area contributed by atoms with Crippen LogP contribution in [0.3, 0.4) is 0 Å². The van der Waals surface area contributed by atoms with Gasteiger partial charge in [0.1, 0.15) is 0 Å². The predicted octanol–water partition coefficient (Wildman–Crippen LogP) is 1.89. The number of aryl methyl sites for hydroxylation is 1. The third-order valence-corrected chi connectivity index (χ3v) is 5.45. The highest BCUT2D eigenvalue weighted by Crippen LogP contribution is 2.24. The van der Waals surface area contributed by atoms with Crippen LogP contribution in [-0.2, 0) is 7.05 Å². The number of anilines is 3. The van der Waals surface area contributed by atoms with Crippen molar-refractivity contribution in [2.75, 3.05) is 24.1 Å². The van der Waals surface area contributed by atoms with Crippen LogP contribution in [0.25, 0.3) is 0 Å². The maximum absolute atomic E-state index is 12.4. The molecular formula is C21H27N9O. The molecule has 1 saturated heterocycles. The Labute approximate surface area is 180 Å². The fourth-order valence-corrected chi connectivity index (χ4v) is 3.70. The number of nitrogen functional groups attached to an aromatic ring is 1. The van der Waals surface area contributed by atoms with E-state index in [1.54, 1.807) is 24.1 Å². The highest BCUT2D eigenvalue weighted by molar-refractivity contribution is 5.93. The van der Waals surface area contributed by atoms with E-state index in [4.69, 9.17) is 5.73 Å². The van der Waals surface area contributed by atoms with E-state index in [1.165, 1.54) is 0 Å². The van der Waals surface area contributed by atoms with E-state index in [9.17, 15) is 4.79 Å². The second kappa shape index (κ2) is 9.09. The number of carbonyl (C=O) groups excluding carboxylic acids is 1. The maximum atomic E-state index is 12.4. The van der Waals surface area contributed by atoms with Crippen LogP contribution in [0.5, 0.6) is 0 Å². The normalized spacial score (nSPS) is 16.1. The molecule has 1 unspecified atom stereocenters. The summed E-state index contributed by atoms with van der Waals surface area (Å²) in [7, 11) is 1.80. The molecule has 1 aliphatic rings. The first-order chi connectivity index (χ1) is 15.0. The molecule has 1 amide bonds. The van der Waals surface area contributed by atoms with E-state index >= 15 is 0 Å². The summed E-state index contributed by atoms with van der Waals surface area (Å²) in [5.74, 6) is 1.17. The average Bonchev–Trinajstić information content (AvgIpc) is 3.20. The van der Waals surface area contributed by atoms with Gasteiger partial charge in [0.25, 0.3) is 5.91 Å². The Bertz CT molecular complexity index is 1030. The van der Waals surface area contributed by atoms with E-state index in [0.29, 0.717) is 17.3 Å². The molecule has 4 N–H and O–H groups in total. The number of piperidine rings is 1. The van der Waals surface area contributed by atoms with Gasteiger partial charge in [0.2, 0.25) is 11.9 Å². The third kappa shape index (κ3) is 5.15. The Balaban J connectivity index is 1.36. The number of nitrogens with zero attached hydrogens (tertiary/aromatic N) is 6. The van der Waals surface area contributed by atoms with E-state index in [2.05, 4.69) is 42.5 Å². The Morgan fingerprint density at radius 3 is 2.58 bits per heavy atom. The number of hydrogen-bond donors (Lipinski definition) is 3. The molecule has 1 fully saturated rings. The van der Waals surface area contributed by atoms with E-state index in [0.717, 1.165) is 31.6 Å². The fraction of sp³-hybridized carbons (Fsp3) is 0.381. The number of para-hydroxylation sites is 1. The molecular weight excluding hydrogens is 394 g/mol. The van der Waals surface area contributed by atoms with Gasteiger partial charge < -0.3 is 16.4 Å². The Kier molecular flexibility index (Phi) is 6.08. The van der Waals surface area contributed by atoms with Crippen molar-refractivity contribution < 1.29 is 4.79 Å². The summed E-state index contributed by atoms with van der Waals surface area (Å²) in [5, 5.41) is 10.3. The highest BCUT2D eigenvalue weighted by Gasteiger charge is 2.27. The lowest BCUT2D eigenvalue weighted by molar-refractivity contribution is 0.0893. The van der Waals surface area contributed by atoms with Crippen molar-refractivity contribution in [1.82, 2.24) is 34.9 Å². The molecule has 10 heteroatoms. The van der Waals surface area contributed by atoms with E-state index in [1.807, 2.05) is 30.3 Å². The van der Waals surface area contributed by atoms with E-state index < -0.39 is 0 Å². The first kappa shape index (κ1) is 20.7. The second-order valence-electron chi connectivity index (χ2n) is 7.73. The number of carbonyl (C=O) groups is 1. The predicted molar refractivity (Wildman–Crippen MR) is 118 cm³/mol. The number of benzene rings is 1. The number of nitrogens with two attached hydrogens (primary N) is 1. The molecule has 1 aromatic carbocycles. The first-order valence-corrected chi connectivity index (χ1v) is 10.3. The number of nitrogens with one attached hydrogen (secondary N) is 2. The van der Waals surface area contributed by atoms with Gasteiger partial charge in [-0.15, -0.1) is 0 Å². The van der Waals surface area contributed by atoms with Crippen LogP contribution in [0.1, 0.15) is 42.0 Å². The largest absolute Gasteiger partial charge is 0.368 e. The van der Waals surface area contributed by atoms with Crippen molar-refractivity contribution >= 4 is 23.5 Å². The topological polar surface area (TPSA) is 127 Å². The molecule has 4 rings (SSSR count). The smallest absolute Gasteiger partial charge is 0.254 e. The lowest BCUT2D eigenvalue weighted by atomic mass is 10.0. The van der Waals surface area contributed by atoms with Crippen LogP contribution in [0.15, 0.2) is 42.7 Å². The Morgan fingerprint density at radius 2 is 1.90 bits per heavy atom. The Hall–Kier alpha value is -3.53. The van der Waals surface area contributed by atoms with Crippen molar-refractivity contribution in [3.63, 3.8) is 0 Å². The SMILES string of the molecule is CC(c1nc(N)nc(Nc2ccccc2)n1)N1CCC(NC(=O)c2cnn(C)c2)CC1. The number of rotatable bonds is 6. The molecule has 0 aliphatic carbocycles. The van der Waals surface area contributed by atoms with Crippen LogP contribution in [0, 0.1) is 0 Å². The molecule has 10 nitrogen and oxygen atoms in total. The molecule has 3 aromatic rings. The summed E-state index contributed by atoms with van der Waals surface area (Å²) in [4.78, 5) is 27.8. The third-order valence-electron chi connectivity index (χ3n) is 5.45. The fourth-order valence-electron chi connectivity index (χ4n) is 3.70. The summed E-state index contributed by atoms with van der Waals surface area (Å²) in [5.41, 5.74) is 7.41. The molecule has 31 heavy (non-hydrogen) atoms. The minimum Gasteiger partial charge on any atom is -0.368 e. The first-order valence-electron chi connectivity index (χ1n) is 10.3.